The fourth-order valence-electron chi connectivity index (χ4n) is 8.31. The van der Waals surface area contributed by atoms with Crippen molar-refractivity contribution in [3.05, 3.63) is 171 Å². The Kier molecular flexibility index (Phi) is 11.3. The molecule has 1 fully saturated rings. The first-order valence-corrected chi connectivity index (χ1v) is 19.8. The van der Waals surface area contributed by atoms with Gasteiger partial charge in [0.1, 0.15) is 45.6 Å². The number of hydrogen-bond acceptors (Lipinski definition) is 3. The van der Waals surface area contributed by atoms with Crippen molar-refractivity contribution < 1.29 is 53.1 Å². The predicted molar refractivity (Wildman–Crippen MR) is 208 cm³/mol. The Bertz CT molecular complexity index is 2300. The van der Waals surface area contributed by atoms with Crippen molar-refractivity contribution in [1.29, 1.82) is 0 Å². The van der Waals surface area contributed by atoms with Gasteiger partial charge in [-0.05, 0) is 82.4 Å². The minimum Gasteiger partial charge on any atom is -0.444 e. The summed E-state index contributed by atoms with van der Waals surface area (Å²) >= 11 is 0. The highest BCUT2D eigenvalue weighted by atomic mass is 31.2. The first-order valence-electron chi connectivity index (χ1n) is 17.9. The summed E-state index contributed by atoms with van der Waals surface area (Å²) in [5, 5.41) is 1.37. The summed E-state index contributed by atoms with van der Waals surface area (Å²) in [5.41, 5.74) is -2.16. The molecular formula is C43H37BF10NO2P. The van der Waals surface area contributed by atoms with Crippen LogP contribution in [0, 0.1) is 99.7 Å². The van der Waals surface area contributed by atoms with Gasteiger partial charge in [0.25, 0.3) is 0 Å². The summed E-state index contributed by atoms with van der Waals surface area (Å²) in [4.78, 5) is 0. The van der Waals surface area contributed by atoms with Crippen LogP contribution in [-0.4, -0.2) is 23.3 Å². The third kappa shape index (κ3) is 6.72. The zero-order valence-electron chi connectivity index (χ0n) is 32.4. The molecule has 1 saturated heterocycles. The van der Waals surface area contributed by atoms with Gasteiger partial charge < -0.3 is 9.20 Å². The van der Waals surface area contributed by atoms with Crippen LogP contribution in [0.4, 0.5) is 43.9 Å². The second kappa shape index (κ2) is 15.4. The fourth-order valence-corrected chi connectivity index (χ4v) is 13.6. The zero-order chi connectivity index (χ0) is 42.8. The lowest BCUT2D eigenvalue weighted by Gasteiger charge is -2.46. The van der Waals surface area contributed by atoms with E-state index in [2.05, 4.69) is 6.58 Å². The van der Waals surface area contributed by atoms with Gasteiger partial charge in [0.05, 0.1) is 0 Å². The van der Waals surface area contributed by atoms with Crippen LogP contribution in [0.25, 0.3) is 6.08 Å². The Labute approximate surface area is 330 Å². The number of benzene rings is 5. The average Bonchev–Trinajstić information content (AvgIpc) is 3.26. The molecule has 5 aromatic rings. The molecule has 5 aromatic carbocycles. The first kappa shape index (κ1) is 42.7. The van der Waals surface area contributed by atoms with Gasteiger partial charge in [-0.1, -0.05) is 82.7 Å². The molecule has 58 heavy (non-hydrogen) atoms. The van der Waals surface area contributed by atoms with Crippen LogP contribution >= 0.6 is 7.49 Å². The third-order valence-electron chi connectivity index (χ3n) is 10.5. The van der Waals surface area contributed by atoms with Crippen LogP contribution in [0.2, 0.25) is 0 Å². The first-order chi connectivity index (χ1) is 27.1. The summed E-state index contributed by atoms with van der Waals surface area (Å²) in [6, 6.07) is 15.1. The van der Waals surface area contributed by atoms with Crippen molar-refractivity contribution in [2.45, 2.75) is 54.0 Å². The monoisotopic (exact) mass is 831 g/mol. The molecule has 0 radical (unpaired) electrons. The van der Waals surface area contributed by atoms with E-state index in [4.69, 9.17) is 9.20 Å². The van der Waals surface area contributed by atoms with Crippen LogP contribution < -0.4 is 21.5 Å². The minimum absolute atomic E-state index is 0.290. The van der Waals surface area contributed by atoms with Crippen LogP contribution in [0.5, 0.6) is 0 Å². The largest absolute Gasteiger partial charge is 0.444 e. The van der Waals surface area contributed by atoms with Crippen LogP contribution in [0.15, 0.2) is 73.5 Å². The summed E-state index contributed by atoms with van der Waals surface area (Å²) in [7, 11) is -4.30. The standard InChI is InChI=1S/C43H37BF10NO2P/c1-9-43(8)21-58(41-24(4)17-22(2)18-25(41)5,42-26(6)19-23(3)20-27(42)7)57-44(29-31(45)35(49)39(53)36(50)32(29)46,30-33(47)37(51)40(54)38(52)34(30)48)56-55(43)16-15-28-13-11-10-12-14-28/h9-20H,1,21H2,2-8H3/b16-15+/t43-/m0/s1. The minimum atomic E-state index is -5.31. The summed E-state index contributed by atoms with van der Waals surface area (Å²) < 4.78 is 172. The molecule has 0 aliphatic carbocycles. The van der Waals surface area contributed by atoms with Crippen molar-refractivity contribution in [2.75, 3.05) is 6.16 Å². The van der Waals surface area contributed by atoms with E-state index < -0.39 is 88.7 Å². The van der Waals surface area contributed by atoms with Gasteiger partial charge in [-0.25, -0.2) is 43.9 Å². The summed E-state index contributed by atoms with van der Waals surface area (Å²) in [5.74, 6) is -26.5. The molecule has 0 amide bonds. The molecule has 0 aromatic heterocycles. The maximum absolute atomic E-state index is 16.7. The average molecular weight is 832 g/mol. The highest BCUT2D eigenvalue weighted by Gasteiger charge is 2.63. The third-order valence-corrected chi connectivity index (χ3v) is 15.1. The lowest BCUT2D eigenvalue weighted by atomic mass is 9.46. The normalized spacial score (nSPS) is 17.8. The van der Waals surface area contributed by atoms with Crippen molar-refractivity contribution >= 4 is 41.7 Å². The molecule has 1 heterocycles. The van der Waals surface area contributed by atoms with Gasteiger partial charge in [0, 0.05) is 6.20 Å². The Morgan fingerprint density at radius 2 is 0.966 bits per heavy atom. The number of rotatable bonds is 7. The molecule has 0 unspecified atom stereocenters. The van der Waals surface area contributed by atoms with Crippen molar-refractivity contribution in [3.63, 3.8) is 0 Å². The van der Waals surface area contributed by atoms with Gasteiger partial charge in [-0.15, -0.1) is 6.58 Å². The van der Waals surface area contributed by atoms with E-state index in [-0.39, 0.29) is 16.8 Å². The topological polar surface area (TPSA) is 21.7 Å². The molecule has 15 heteroatoms. The van der Waals surface area contributed by atoms with Gasteiger partial charge in [0.2, 0.25) is 0 Å². The molecule has 0 spiro atoms. The van der Waals surface area contributed by atoms with Crippen LogP contribution in [0.3, 0.4) is 0 Å². The maximum atomic E-state index is 16.7. The molecule has 1 aliphatic rings. The highest BCUT2D eigenvalue weighted by molar-refractivity contribution is 7.87. The molecule has 3 nitrogen and oxygen atoms in total. The molecule has 0 N–H and O–H groups in total. The highest BCUT2D eigenvalue weighted by Crippen LogP contribution is 2.66. The fraction of sp³-hybridized carbons (Fsp3) is 0.209. The van der Waals surface area contributed by atoms with Crippen molar-refractivity contribution in [1.82, 2.24) is 5.06 Å². The molecule has 1 aliphatic heterocycles. The summed E-state index contributed by atoms with van der Waals surface area (Å²) in [6.07, 6.45) is 3.49. The van der Waals surface area contributed by atoms with E-state index in [0.29, 0.717) is 27.8 Å². The van der Waals surface area contributed by atoms with Crippen molar-refractivity contribution in [2.24, 2.45) is 0 Å². The second-order valence-corrected chi connectivity index (χ2v) is 17.8. The van der Waals surface area contributed by atoms with E-state index >= 15 is 35.1 Å². The van der Waals surface area contributed by atoms with E-state index in [0.717, 1.165) is 22.4 Å². The van der Waals surface area contributed by atoms with Gasteiger partial charge in [-0.3, -0.25) is 5.06 Å². The quantitative estimate of drug-likeness (QED) is 0.0408. The van der Waals surface area contributed by atoms with Gasteiger partial charge in [0.15, 0.2) is 42.4 Å². The van der Waals surface area contributed by atoms with Crippen LogP contribution in [0.1, 0.15) is 45.9 Å². The second-order valence-electron chi connectivity index (χ2n) is 14.9. The number of hydrogen-bond donors (Lipinski definition) is 0. The van der Waals surface area contributed by atoms with E-state index in [1.807, 2.05) is 0 Å². The number of halogens is 10. The number of aryl methyl sites for hydroxylation is 6. The molecule has 0 bridgehead atoms. The van der Waals surface area contributed by atoms with E-state index in [1.54, 1.807) is 96.1 Å². The predicted octanol–water partition coefficient (Wildman–Crippen LogP) is 9.95. The van der Waals surface area contributed by atoms with E-state index in [1.165, 1.54) is 19.1 Å². The maximum Gasteiger partial charge on any atom is 0.369 e. The SMILES string of the molecule is C=C[C@@]1(C)C[P+](c2c(C)cc(C)cc2C)(c2c(C)cc(C)cc2C)O[B-](c2c(F)c(F)c(F)c(F)c2F)(c2c(F)c(F)c(F)c(F)c2F)ON1/C=C/c1ccccc1. The zero-order valence-corrected chi connectivity index (χ0v) is 33.3. The van der Waals surface area contributed by atoms with E-state index in [9.17, 15) is 8.78 Å². The lowest BCUT2D eigenvalue weighted by Crippen LogP contribution is -2.70. The Balaban J connectivity index is 1.97. The van der Waals surface area contributed by atoms with Gasteiger partial charge in [-0.2, -0.15) is 0 Å². The Hall–Kier alpha value is -4.91. The van der Waals surface area contributed by atoms with Gasteiger partial charge >= 0.3 is 6.55 Å². The molecule has 304 valence electrons. The lowest BCUT2D eigenvalue weighted by molar-refractivity contribution is -0.0779. The molecular weight excluding hydrogens is 794 g/mol. The number of nitrogens with zero attached hydrogens (tertiary/aromatic N) is 1. The Morgan fingerprint density at radius 1 is 0.603 bits per heavy atom. The molecule has 0 saturated carbocycles. The smallest absolute Gasteiger partial charge is 0.369 e. The van der Waals surface area contributed by atoms with Crippen molar-refractivity contribution in [3.8, 4) is 0 Å². The molecule has 1 atom stereocenters. The molecule has 6 rings (SSSR count). The number of hydroxylamine groups is 2. The van der Waals surface area contributed by atoms with Crippen LogP contribution in [-0.2, 0) is 9.20 Å². The Morgan fingerprint density at radius 3 is 1.33 bits per heavy atom. The summed E-state index contributed by atoms with van der Waals surface area (Å²) in [6.45, 7) is 10.4.